The van der Waals surface area contributed by atoms with Gasteiger partial charge in [-0.3, -0.25) is 0 Å². The van der Waals surface area contributed by atoms with Crippen LogP contribution in [0.3, 0.4) is 0 Å². The zero-order chi connectivity index (χ0) is 20.2. The van der Waals surface area contributed by atoms with Gasteiger partial charge in [-0.25, -0.2) is 0 Å². The third-order valence-electron chi connectivity index (χ3n) is 5.73. The molecule has 0 N–H and O–H groups in total. The van der Waals surface area contributed by atoms with Crippen molar-refractivity contribution in [3.05, 3.63) is 66.2 Å². The van der Waals surface area contributed by atoms with E-state index in [-0.39, 0.29) is 12.0 Å². The molecule has 2 aromatic carbocycles. The van der Waals surface area contributed by atoms with Crippen LogP contribution in [0.1, 0.15) is 32.8 Å². The number of hydrogen-bond acceptors (Lipinski definition) is 3. The molecule has 2 nitrogen and oxygen atoms in total. The number of aldehydes is 1. The van der Waals surface area contributed by atoms with Gasteiger partial charge in [-0.15, -0.1) is 11.8 Å². The van der Waals surface area contributed by atoms with Gasteiger partial charge in [0.15, 0.2) is 8.32 Å². The smallest absolute Gasteiger partial charge is 0.192 e. The second-order valence-corrected chi connectivity index (χ2v) is 13.2. The van der Waals surface area contributed by atoms with Gasteiger partial charge in [0.05, 0.1) is 6.10 Å². The molecule has 0 aliphatic carbocycles. The molecular formula is C24H34O2SSi. The lowest BCUT2D eigenvalue weighted by molar-refractivity contribution is -0.113. The number of carbonyl (C=O) groups is 1. The molecule has 4 heteroatoms. The average molecular weight is 415 g/mol. The Bertz CT molecular complexity index is 665. The van der Waals surface area contributed by atoms with E-state index >= 15 is 0 Å². The molecule has 0 bridgehead atoms. The SMILES string of the molecule is CC[Si](CC)(CC)O[C@H](CCc1ccccc1)[C@H](C=O)CSc1ccccc1. The molecule has 2 rings (SSSR count). The van der Waals surface area contributed by atoms with Crippen LogP contribution in [0, 0.1) is 5.92 Å². The fraction of sp³-hybridized carbons (Fsp3) is 0.458. The molecule has 0 unspecified atom stereocenters. The summed E-state index contributed by atoms with van der Waals surface area (Å²) in [6.45, 7) is 6.76. The van der Waals surface area contributed by atoms with E-state index in [1.54, 1.807) is 11.8 Å². The van der Waals surface area contributed by atoms with Crippen LogP contribution in [-0.2, 0) is 15.6 Å². The van der Waals surface area contributed by atoms with Gasteiger partial charge in [-0.1, -0.05) is 69.3 Å². The highest BCUT2D eigenvalue weighted by Crippen LogP contribution is 2.30. The maximum atomic E-state index is 12.1. The van der Waals surface area contributed by atoms with E-state index in [1.807, 2.05) is 24.3 Å². The molecule has 152 valence electrons. The van der Waals surface area contributed by atoms with E-state index in [2.05, 4.69) is 57.2 Å². The van der Waals surface area contributed by atoms with Crippen LogP contribution in [-0.4, -0.2) is 26.5 Å². The minimum atomic E-state index is -1.77. The third-order valence-corrected chi connectivity index (χ3v) is 11.6. The van der Waals surface area contributed by atoms with Gasteiger partial charge in [0.1, 0.15) is 6.29 Å². The molecule has 28 heavy (non-hydrogen) atoms. The Kier molecular flexibility index (Phi) is 10.0. The maximum absolute atomic E-state index is 12.1. The lowest BCUT2D eigenvalue weighted by atomic mass is 9.99. The zero-order valence-corrected chi connectivity index (χ0v) is 19.3. The quantitative estimate of drug-likeness (QED) is 0.209. The monoisotopic (exact) mass is 414 g/mol. The van der Waals surface area contributed by atoms with Crippen molar-refractivity contribution in [2.45, 2.75) is 62.7 Å². The van der Waals surface area contributed by atoms with Crippen molar-refractivity contribution in [3.8, 4) is 0 Å². The number of rotatable bonds is 13. The first kappa shape index (κ1) is 22.9. The van der Waals surface area contributed by atoms with Gasteiger partial charge in [0.25, 0.3) is 0 Å². The third kappa shape index (κ3) is 6.91. The summed E-state index contributed by atoms with van der Waals surface area (Å²) in [4.78, 5) is 13.3. The fourth-order valence-corrected chi connectivity index (χ4v) is 7.54. The highest BCUT2D eigenvalue weighted by atomic mass is 32.2. The molecule has 2 aromatic rings. The first-order valence-corrected chi connectivity index (χ1v) is 14.0. The Labute approximate surface area is 176 Å². The molecule has 0 radical (unpaired) electrons. The van der Waals surface area contributed by atoms with Crippen LogP contribution in [0.25, 0.3) is 0 Å². The number of thioether (sulfide) groups is 1. The minimum absolute atomic E-state index is 0.000403. The van der Waals surface area contributed by atoms with Crippen LogP contribution >= 0.6 is 11.8 Å². The highest BCUT2D eigenvalue weighted by Gasteiger charge is 2.34. The van der Waals surface area contributed by atoms with Crippen molar-refractivity contribution in [2.75, 3.05) is 5.75 Å². The normalized spacial score (nSPS) is 13.8. The van der Waals surface area contributed by atoms with Crippen LogP contribution in [0.15, 0.2) is 65.6 Å². The van der Waals surface area contributed by atoms with Crippen LogP contribution in [0.4, 0.5) is 0 Å². The summed E-state index contributed by atoms with van der Waals surface area (Å²) in [6, 6.07) is 24.2. The summed E-state index contributed by atoms with van der Waals surface area (Å²) < 4.78 is 6.84. The predicted octanol–water partition coefficient (Wildman–Crippen LogP) is 6.62. The number of hydrogen-bond donors (Lipinski definition) is 0. The second-order valence-electron chi connectivity index (χ2n) is 7.35. The molecule has 2 atom stereocenters. The number of benzene rings is 2. The Morgan fingerprint density at radius 2 is 1.50 bits per heavy atom. The minimum Gasteiger partial charge on any atom is -0.413 e. The van der Waals surface area contributed by atoms with E-state index in [0.29, 0.717) is 0 Å². The predicted molar refractivity (Wildman–Crippen MR) is 124 cm³/mol. The van der Waals surface area contributed by atoms with Gasteiger partial charge in [0.2, 0.25) is 0 Å². The van der Waals surface area contributed by atoms with Crippen LogP contribution in [0.2, 0.25) is 18.1 Å². The Morgan fingerprint density at radius 1 is 0.929 bits per heavy atom. The molecule has 0 saturated carbocycles. The standard InChI is InChI=1S/C24H34O2SSi/c1-4-28(5-2,6-3)26-24(18-17-21-13-9-7-10-14-21)22(19-25)20-27-23-15-11-8-12-16-23/h7-16,19,22,24H,4-6,17-18,20H2,1-3H3/t22-,24-/m1/s1. The van der Waals surface area contributed by atoms with Crippen LogP contribution < -0.4 is 0 Å². The van der Waals surface area contributed by atoms with Gasteiger partial charge < -0.3 is 9.22 Å². The Balaban J connectivity index is 2.12. The van der Waals surface area contributed by atoms with Crippen molar-refractivity contribution in [2.24, 2.45) is 5.92 Å². The van der Waals surface area contributed by atoms with Gasteiger partial charge in [-0.05, 0) is 48.7 Å². The van der Waals surface area contributed by atoms with E-state index < -0.39 is 8.32 Å². The molecule has 0 saturated heterocycles. The van der Waals surface area contributed by atoms with E-state index in [1.165, 1.54) is 10.5 Å². The topological polar surface area (TPSA) is 26.3 Å². The van der Waals surface area contributed by atoms with Crippen molar-refractivity contribution < 1.29 is 9.22 Å². The van der Waals surface area contributed by atoms with Gasteiger partial charge in [0, 0.05) is 16.6 Å². The molecule has 0 aliphatic rings. The molecule has 0 aromatic heterocycles. The van der Waals surface area contributed by atoms with Crippen molar-refractivity contribution in [1.82, 2.24) is 0 Å². The summed E-state index contributed by atoms with van der Waals surface area (Å²) in [6.07, 6.45) is 2.98. The molecule has 0 fully saturated rings. The molecule has 0 aliphatic heterocycles. The lowest BCUT2D eigenvalue weighted by Gasteiger charge is -2.35. The maximum Gasteiger partial charge on any atom is 0.192 e. The summed E-state index contributed by atoms with van der Waals surface area (Å²) in [5.41, 5.74) is 1.31. The van der Waals surface area contributed by atoms with Crippen molar-refractivity contribution in [1.29, 1.82) is 0 Å². The molecular weight excluding hydrogens is 380 g/mol. The molecule has 0 amide bonds. The second kappa shape index (κ2) is 12.3. The number of aryl methyl sites for hydroxylation is 1. The van der Waals surface area contributed by atoms with E-state index in [9.17, 15) is 4.79 Å². The van der Waals surface area contributed by atoms with E-state index in [0.717, 1.165) is 43.0 Å². The van der Waals surface area contributed by atoms with Crippen molar-refractivity contribution >= 4 is 26.4 Å². The number of carbonyl (C=O) groups excluding carboxylic acids is 1. The molecule has 0 spiro atoms. The Morgan fingerprint density at radius 3 is 2.04 bits per heavy atom. The average Bonchev–Trinajstić information content (AvgIpc) is 2.77. The largest absolute Gasteiger partial charge is 0.413 e. The highest BCUT2D eigenvalue weighted by molar-refractivity contribution is 7.99. The summed E-state index contributed by atoms with van der Waals surface area (Å²) in [5, 5.41) is 0. The first-order valence-electron chi connectivity index (χ1n) is 10.5. The summed E-state index contributed by atoms with van der Waals surface area (Å²) in [5.74, 6) is 0.694. The van der Waals surface area contributed by atoms with Gasteiger partial charge in [-0.2, -0.15) is 0 Å². The van der Waals surface area contributed by atoms with E-state index in [4.69, 9.17) is 4.43 Å². The van der Waals surface area contributed by atoms with Gasteiger partial charge >= 0.3 is 0 Å². The summed E-state index contributed by atoms with van der Waals surface area (Å²) in [7, 11) is -1.77. The van der Waals surface area contributed by atoms with Crippen LogP contribution in [0.5, 0.6) is 0 Å². The zero-order valence-electron chi connectivity index (χ0n) is 17.5. The summed E-state index contributed by atoms with van der Waals surface area (Å²) >= 11 is 1.76. The molecule has 0 heterocycles. The Hall–Kier alpha value is -1.36. The van der Waals surface area contributed by atoms with Crippen molar-refractivity contribution in [3.63, 3.8) is 0 Å². The first-order chi connectivity index (χ1) is 13.7. The lowest BCUT2D eigenvalue weighted by Crippen LogP contribution is -2.43. The fourth-order valence-electron chi connectivity index (χ4n) is 3.58.